The van der Waals surface area contributed by atoms with E-state index in [1.807, 2.05) is 13.8 Å². The van der Waals surface area contributed by atoms with Crippen molar-refractivity contribution in [1.82, 2.24) is 13.2 Å². The van der Waals surface area contributed by atoms with Crippen molar-refractivity contribution in [2.45, 2.75) is 90.9 Å². The van der Waals surface area contributed by atoms with Crippen LogP contribution in [-0.4, -0.2) is 51.4 Å². The van der Waals surface area contributed by atoms with Gasteiger partial charge in [0.05, 0.1) is 41.9 Å². The molecule has 6 aromatic heterocycles. The SMILES string of the molecule is CCOC(=O)c1cc(C2CC2)c2c(C)c(Cl)c(F)cn2c1=O.CCOC(=O)c1cc(C2CC2)c2c(C)c(Cl)ccn2c1=O.COC(=O)c1cc(C2CC2)c2c(C)c(Cl)ccn2c1=O. The third kappa shape index (κ3) is 8.88. The summed E-state index contributed by atoms with van der Waals surface area (Å²) in [5.74, 6) is -1.47. The van der Waals surface area contributed by atoms with Gasteiger partial charge in [-0.3, -0.25) is 27.6 Å². The van der Waals surface area contributed by atoms with Gasteiger partial charge in [0.25, 0.3) is 16.7 Å². The first-order chi connectivity index (χ1) is 30.0. The van der Waals surface area contributed by atoms with E-state index in [9.17, 15) is 33.2 Å². The fraction of sp³-hybridized carbons (Fsp3) is 0.362. The fourth-order valence-corrected chi connectivity index (χ4v) is 8.29. The molecule has 3 saturated carbocycles. The van der Waals surface area contributed by atoms with Crippen LogP contribution in [0.25, 0.3) is 16.6 Å². The molecule has 3 aliphatic rings. The molecule has 6 aromatic rings. The van der Waals surface area contributed by atoms with E-state index in [2.05, 4.69) is 0 Å². The Morgan fingerprint density at radius 1 is 0.603 bits per heavy atom. The van der Waals surface area contributed by atoms with Crippen molar-refractivity contribution < 1.29 is 33.0 Å². The predicted molar refractivity (Wildman–Crippen MR) is 239 cm³/mol. The average Bonchev–Trinajstić information content (AvgIpc) is 4.08. The van der Waals surface area contributed by atoms with Gasteiger partial charge in [-0.1, -0.05) is 34.8 Å². The van der Waals surface area contributed by atoms with E-state index in [4.69, 9.17) is 49.0 Å². The zero-order valence-corrected chi connectivity index (χ0v) is 37.8. The fourth-order valence-electron chi connectivity index (χ4n) is 7.86. The highest BCUT2D eigenvalue weighted by Gasteiger charge is 2.32. The number of aryl methyl sites for hydroxylation is 3. The number of rotatable bonds is 8. The Morgan fingerprint density at radius 3 is 1.30 bits per heavy atom. The van der Waals surface area contributed by atoms with Gasteiger partial charge in [0.15, 0.2) is 5.82 Å². The van der Waals surface area contributed by atoms with Crippen LogP contribution in [0.1, 0.15) is 135 Å². The number of methoxy groups -OCH3 is 1. The molecule has 0 spiro atoms. The quantitative estimate of drug-likeness (QED) is 0.108. The molecule has 9 rings (SSSR count). The van der Waals surface area contributed by atoms with Gasteiger partial charge in [0, 0.05) is 28.6 Å². The molecule has 0 radical (unpaired) electrons. The number of pyridine rings is 6. The van der Waals surface area contributed by atoms with Gasteiger partial charge in [-0.05, 0) is 155 Å². The Morgan fingerprint density at radius 2 is 0.952 bits per heavy atom. The number of aromatic nitrogens is 3. The van der Waals surface area contributed by atoms with Gasteiger partial charge in [0.1, 0.15) is 16.7 Å². The summed E-state index contributed by atoms with van der Waals surface area (Å²) in [6.07, 6.45) is 10.5. The summed E-state index contributed by atoms with van der Waals surface area (Å²) in [5, 5.41) is 1.25. The lowest BCUT2D eigenvalue weighted by atomic mass is 10.0. The van der Waals surface area contributed by atoms with Crippen LogP contribution in [0.15, 0.2) is 63.3 Å². The van der Waals surface area contributed by atoms with Crippen molar-refractivity contribution in [2.75, 3.05) is 20.3 Å². The topological polar surface area (TPSA) is 143 Å². The van der Waals surface area contributed by atoms with Crippen molar-refractivity contribution >= 4 is 69.3 Å². The summed E-state index contributed by atoms with van der Waals surface area (Å²) in [6, 6.07) is 8.29. The number of fused-ring (bicyclic) bond motifs is 3. The van der Waals surface area contributed by atoms with E-state index in [1.54, 1.807) is 63.5 Å². The second kappa shape index (κ2) is 18.3. The molecule has 0 amide bonds. The van der Waals surface area contributed by atoms with E-state index < -0.39 is 29.3 Å². The summed E-state index contributed by atoms with van der Waals surface area (Å²) in [4.78, 5) is 73.2. The monoisotopic (exact) mass is 919 g/mol. The first-order valence-electron chi connectivity index (χ1n) is 20.7. The van der Waals surface area contributed by atoms with Crippen molar-refractivity contribution in [3.8, 4) is 0 Å². The van der Waals surface area contributed by atoms with Gasteiger partial charge in [-0.25, -0.2) is 18.8 Å². The molecule has 0 saturated heterocycles. The van der Waals surface area contributed by atoms with Gasteiger partial charge in [0.2, 0.25) is 0 Å². The van der Waals surface area contributed by atoms with E-state index >= 15 is 0 Å². The molecule has 0 atom stereocenters. The molecule has 3 aliphatic carbocycles. The van der Waals surface area contributed by atoms with Crippen molar-refractivity contribution in [3.05, 3.63) is 151 Å². The number of esters is 3. The Bertz CT molecular complexity index is 3060. The molecule has 16 heteroatoms. The number of nitrogens with zero attached hydrogens (tertiary/aromatic N) is 3. The van der Waals surface area contributed by atoms with Crippen LogP contribution in [0.4, 0.5) is 4.39 Å². The van der Waals surface area contributed by atoms with Crippen LogP contribution >= 0.6 is 34.8 Å². The maximum absolute atomic E-state index is 13.9. The largest absolute Gasteiger partial charge is 0.465 e. The number of hydrogen-bond donors (Lipinski definition) is 0. The van der Waals surface area contributed by atoms with Crippen LogP contribution in [0, 0.1) is 26.6 Å². The van der Waals surface area contributed by atoms with Crippen LogP contribution in [0.2, 0.25) is 15.1 Å². The summed E-state index contributed by atoms with van der Waals surface area (Å²) < 4.78 is 32.7. The maximum atomic E-state index is 13.9. The minimum absolute atomic E-state index is 0.00480. The highest BCUT2D eigenvalue weighted by molar-refractivity contribution is 6.32. The van der Waals surface area contributed by atoms with Gasteiger partial charge in [-0.2, -0.15) is 0 Å². The van der Waals surface area contributed by atoms with E-state index in [-0.39, 0.29) is 52.0 Å². The second-order valence-electron chi connectivity index (χ2n) is 15.9. The normalized spacial score (nSPS) is 14.4. The van der Waals surface area contributed by atoms with Crippen molar-refractivity contribution in [3.63, 3.8) is 0 Å². The molecule has 6 heterocycles. The van der Waals surface area contributed by atoms with Crippen LogP contribution < -0.4 is 16.7 Å². The summed E-state index contributed by atoms with van der Waals surface area (Å²) >= 11 is 18.3. The minimum atomic E-state index is -0.684. The number of carbonyl (C=O) groups is 3. The minimum Gasteiger partial charge on any atom is -0.465 e. The molecular weight excluding hydrogens is 876 g/mol. The van der Waals surface area contributed by atoms with Crippen molar-refractivity contribution in [1.29, 1.82) is 0 Å². The van der Waals surface area contributed by atoms with Crippen molar-refractivity contribution in [2.24, 2.45) is 0 Å². The third-order valence-corrected chi connectivity index (χ3v) is 12.8. The zero-order valence-electron chi connectivity index (χ0n) is 35.5. The zero-order chi connectivity index (χ0) is 45.6. The first kappa shape index (κ1) is 45.5. The molecular formula is C47H45Cl3FN3O9. The van der Waals surface area contributed by atoms with Gasteiger partial charge < -0.3 is 14.2 Å². The Balaban J connectivity index is 0.000000142. The number of ether oxygens (including phenoxy) is 3. The molecule has 0 aliphatic heterocycles. The molecule has 0 bridgehead atoms. The predicted octanol–water partition coefficient (Wildman–Crippen LogP) is 9.70. The summed E-state index contributed by atoms with van der Waals surface area (Å²) in [6.45, 7) is 9.28. The van der Waals surface area contributed by atoms with E-state index in [0.29, 0.717) is 33.0 Å². The lowest BCUT2D eigenvalue weighted by Gasteiger charge is -2.14. The van der Waals surface area contributed by atoms with Gasteiger partial charge >= 0.3 is 17.9 Å². The van der Waals surface area contributed by atoms with Gasteiger partial charge in [-0.15, -0.1) is 0 Å². The van der Waals surface area contributed by atoms with Crippen LogP contribution in [0.3, 0.4) is 0 Å². The van der Waals surface area contributed by atoms with E-state index in [1.165, 1.54) is 20.3 Å². The lowest BCUT2D eigenvalue weighted by molar-refractivity contribution is 0.0514. The second-order valence-corrected chi connectivity index (χ2v) is 17.1. The molecule has 0 N–H and O–H groups in total. The Labute approximate surface area is 376 Å². The summed E-state index contributed by atoms with van der Waals surface area (Å²) in [7, 11) is 1.28. The molecule has 3 fully saturated rings. The van der Waals surface area contributed by atoms with E-state index in [0.717, 1.165) is 83.6 Å². The highest BCUT2D eigenvalue weighted by Crippen LogP contribution is 2.45. The number of halogens is 4. The molecule has 12 nitrogen and oxygen atoms in total. The number of hydrogen-bond acceptors (Lipinski definition) is 9. The molecule has 0 aromatic carbocycles. The Kier molecular flexibility index (Phi) is 13.2. The molecule has 330 valence electrons. The molecule has 63 heavy (non-hydrogen) atoms. The first-order valence-corrected chi connectivity index (χ1v) is 21.8. The van der Waals surface area contributed by atoms with Crippen LogP contribution in [0.5, 0.6) is 0 Å². The molecule has 0 unspecified atom stereocenters. The average molecular weight is 921 g/mol. The smallest absolute Gasteiger partial charge is 0.343 e. The Hall–Kier alpha value is -5.50. The highest BCUT2D eigenvalue weighted by atomic mass is 35.5. The summed E-state index contributed by atoms with van der Waals surface area (Å²) in [5.41, 5.74) is 6.14. The number of carbonyl (C=O) groups excluding carboxylic acids is 3. The van der Waals surface area contributed by atoms with Crippen LogP contribution in [-0.2, 0) is 14.2 Å². The standard InChI is InChI=1S/C16H15ClFNO3.C16H16ClNO3.C15H14ClNO3/c1-3-22-16(21)11-6-10(9-4-5-9)14-8(2)13(17)12(18)7-19(14)15(11)20;1-3-21-16(20)12-8-11(10-4-5-10)14-9(2)13(17)6-7-18(14)15(12)19;1-8-12(16)5-6-17-13(8)10(9-3-4-9)7-11(14(17)18)15(19)20-2/h6-7,9H,3-5H2,1-2H3;6-8,10H,3-5H2,1-2H3;5-7,9H,3-4H2,1-2H3. The lowest BCUT2D eigenvalue weighted by Crippen LogP contribution is -2.25. The maximum Gasteiger partial charge on any atom is 0.343 e. The third-order valence-electron chi connectivity index (χ3n) is 11.5.